The van der Waals surface area contributed by atoms with Crippen LogP contribution in [0.5, 0.6) is 0 Å². The summed E-state index contributed by atoms with van der Waals surface area (Å²) in [4.78, 5) is 10.6. The Morgan fingerprint density at radius 1 is 1.28 bits per heavy atom. The van der Waals surface area contributed by atoms with Crippen LogP contribution in [0.1, 0.15) is 24.8 Å². The van der Waals surface area contributed by atoms with Crippen LogP contribution in [0, 0.1) is 6.92 Å². The molecule has 2 rings (SSSR count). The molecule has 1 aromatic heterocycles. The first-order valence-corrected chi connectivity index (χ1v) is 6.67. The number of aryl methyl sites for hydroxylation is 1. The number of hydrogen-bond acceptors (Lipinski definition) is 5. The molecule has 1 saturated heterocycles. The van der Waals surface area contributed by atoms with Crippen molar-refractivity contribution in [1.29, 1.82) is 0 Å². The number of piperidine rings is 1. The van der Waals surface area contributed by atoms with Crippen LogP contribution >= 0.6 is 0 Å². The van der Waals surface area contributed by atoms with Crippen LogP contribution in [-0.2, 0) is 0 Å². The molecule has 5 heteroatoms. The number of β-amino-alcohol motifs (C(OH)–C–C–N with tert-alkyl or cyclic N) is 1. The topological polar surface area (TPSA) is 61.3 Å². The summed E-state index contributed by atoms with van der Waals surface area (Å²) in [5.74, 6) is 0.582. The van der Waals surface area contributed by atoms with Gasteiger partial charge in [0.2, 0.25) is 5.95 Å². The molecule has 100 valence electrons. The number of nitrogens with one attached hydrogen (secondary N) is 1. The SMILES string of the molecule is Cc1cnc(NC[C@@H](O)CN2CCCCC2)nc1. The molecule has 0 saturated carbocycles. The van der Waals surface area contributed by atoms with E-state index in [0.29, 0.717) is 12.5 Å². The Balaban J connectivity index is 1.70. The second-order valence-electron chi connectivity index (χ2n) is 4.98. The van der Waals surface area contributed by atoms with E-state index in [1.54, 1.807) is 12.4 Å². The van der Waals surface area contributed by atoms with Crippen molar-refractivity contribution < 1.29 is 5.11 Å². The minimum Gasteiger partial charge on any atom is -0.390 e. The fourth-order valence-electron chi connectivity index (χ4n) is 2.20. The number of aliphatic hydroxyl groups excluding tert-OH is 1. The molecule has 1 fully saturated rings. The average molecular weight is 250 g/mol. The zero-order chi connectivity index (χ0) is 12.8. The predicted molar refractivity (Wildman–Crippen MR) is 71.6 cm³/mol. The lowest BCUT2D eigenvalue weighted by atomic mass is 10.1. The second-order valence-corrected chi connectivity index (χ2v) is 4.98. The van der Waals surface area contributed by atoms with E-state index in [-0.39, 0.29) is 6.10 Å². The lowest BCUT2D eigenvalue weighted by Crippen LogP contribution is -2.39. The van der Waals surface area contributed by atoms with Crippen molar-refractivity contribution in [2.24, 2.45) is 0 Å². The van der Waals surface area contributed by atoms with E-state index in [1.807, 2.05) is 6.92 Å². The van der Waals surface area contributed by atoms with Gasteiger partial charge in [-0.3, -0.25) is 0 Å². The highest BCUT2D eigenvalue weighted by Crippen LogP contribution is 2.09. The Bertz CT molecular complexity index is 349. The van der Waals surface area contributed by atoms with Crippen LogP contribution in [0.25, 0.3) is 0 Å². The van der Waals surface area contributed by atoms with E-state index < -0.39 is 0 Å². The molecule has 1 aliphatic rings. The van der Waals surface area contributed by atoms with Crippen molar-refractivity contribution in [1.82, 2.24) is 14.9 Å². The molecule has 18 heavy (non-hydrogen) atoms. The summed E-state index contributed by atoms with van der Waals surface area (Å²) in [6, 6.07) is 0. The van der Waals surface area contributed by atoms with E-state index in [0.717, 1.165) is 25.2 Å². The Labute approximate surface area is 108 Å². The standard InChI is InChI=1S/C13H22N4O/c1-11-7-14-13(15-8-11)16-9-12(18)10-17-5-3-2-4-6-17/h7-8,12,18H,2-6,9-10H2,1H3,(H,14,15,16)/t12-/m1/s1. The van der Waals surface area contributed by atoms with E-state index in [4.69, 9.17) is 0 Å². The van der Waals surface area contributed by atoms with Crippen LogP contribution in [0.2, 0.25) is 0 Å². The van der Waals surface area contributed by atoms with E-state index in [2.05, 4.69) is 20.2 Å². The first kappa shape index (κ1) is 13.2. The van der Waals surface area contributed by atoms with Gasteiger partial charge in [-0.2, -0.15) is 0 Å². The number of anilines is 1. The summed E-state index contributed by atoms with van der Waals surface area (Å²) >= 11 is 0. The highest BCUT2D eigenvalue weighted by Gasteiger charge is 2.14. The van der Waals surface area contributed by atoms with Crippen molar-refractivity contribution in [2.75, 3.05) is 31.5 Å². The molecular formula is C13H22N4O. The Hall–Kier alpha value is -1.20. The zero-order valence-corrected chi connectivity index (χ0v) is 11.0. The maximum Gasteiger partial charge on any atom is 0.222 e. The maximum absolute atomic E-state index is 9.96. The molecule has 0 radical (unpaired) electrons. The van der Waals surface area contributed by atoms with Crippen LogP contribution < -0.4 is 5.32 Å². The van der Waals surface area contributed by atoms with Gasteiger partial charge >= 0.3 is 0 Å². The molecule has 0 spiro atoms. The van der Waals surface area contributed by atoms with Gasteiger partial charge in [-0.15, -0.1) is 0 Å². The van der Waals surface area contributed by atoms with Crippen molar-refractivity contribution in [3.05, 3.63) is 18.0 Å². The predicted octanol–water partition coefficient (Wildman–Crippen LogP) is 1.04. The van der Waals surface area contributed by atoms with Crippen LogP contribution in [-0.4, -0.2) is 52.3 Å². The molecular weight excluding hydrogens is 228 g/mol. The highest BCUT2D eigenvalue weighted by molar-refractivity contribution is 5.24. The van der Waals surface area contributed by atoms with E-state index in [1.165, 1.54) is 19.3 Å². The Morgan fingerprint density at radius 3 is 2.61 bits per heavy atom. The van der Waals surface area contributed by atoms with Gasteiger partial charge in [-0.1, -0.05) is 6.42 Å². The summed E-state index contributed by atoms with van der Waals surface area (Å²) in [5.41, 5.74) is 1.04. The summed E-state index contributed by atoms with van der Waals surface area (Å²) in [7, 11) is 0. The minimum absolute atomic E-state index is 0.368. The van der Waals surface area contributed by atoms with E-state index in [9.17, 15) is 5.11 Å². The summed E-state index contributed by atoms with van der Waals surface area (Å²) in [6.07, 6.45) is 7.00. The van der Waals surface area contributed by atoms with Gasteiger partial charge in [0.1, 0.15) is 0 Å². The van der Waals surface area contributed by atoms with E-state index >= 15 is 0 Å². The smallest absolute Gasteiger partial charge is 0.222 e. The molecule has 2 N–H and O–H groups in total. The van der Waals surface area contributed by atoms with Crippen LogP contribution in [0.3, 0.4) is 0 Å². The lowest BCUT2D eigenvalue weighted by molar-refractivity contribution is 0.109. The number of likely N-dealkylation sites (tertiary alicyclic amines) is 1. The van der Waals surface area contributed by atoms with Crippen LogP contribution in [0.4, 0.5) is 5.95 Å². The zero-order valence-electron chi connectivity index (χ0n) is 11.0. The molecule has 2 heterocycles. The molecule has 0 bridgehead atoms. The van der Waals surface area contributed by atoms with Gasteiger partial charge in [0.25, 0.3) is 0 Å². The molecule has 0 aromatic carbocycles. The molecule has 0 aliphatic carbocycles. The van der Waals surface area contributed by atoms with Gasteiger partial charge in [0, 0.05) is 25.5 Å². The third kappa shape index (κ3) is 4.23. The molecule has 5 nitrogen and oxygen atoms in total. The normalized spacial score (nSPS) is 18.6. The number of aromatic nitrogens is 2. The van der Waals surface area contributed by atoms with Crippen molar-refractivity contribution in [3.8, 4) is 0 Å². The third-order valence-electron chi connectivity index (χ3n) is 3.19. The quantitative estimate of drug-likeness (QED) is 0.817. The average Bonchev–Trinajstić information content (AvgIpc) is 2.39. The van der Waals surface area contributed by atoms with Crippen molar-refractivity contribution >= 4 is 5.95 Å². The Kier molecular flexibility index (Phi) is 4.90. The van der Waals surface area contributed by atoms with Gasteiger partial charge < -0.3 is 15.3 Å². The van der Waals surface area contributed by atoms with Gasteiger partial charge in [0.15, 0.2) is 0 Å². The summed E-state index contributed by atoms with van der Waals surface area (Å²) in [5, 5.41) is 13.0. The third-order valence-corrected chi connectivity index (χ3v) is 3.19. The number of hydrogen-bond donors (Lipinski definition) is 2. The van der Waals surface area contributed by atoms with Crippen LogP contribution in [0.15, 0.2) is 12.4 Å². The maximum atomic E-state index is 9.96. The number of nitrogens with zero attached hydrogens (tertiary/aromatic N) is 3. The van der Waals surface area contributed by atoms with Gasteiger partial charge in [-0.05, 0) is 38.4 Å². The van der Waals surface area contributed by atoms with Gasteiger partial charge in [0.05, 0.1) is 6.10 Å². The largest absolute Gasteiger partial charge is 0.390 e. The van der Waals surface area contributed by atoms with Crippen molar-refractivity contribution in [2.45, 2.75) is 32.3 Å². The first-order chi connectivity index (χ1) is 8.74. The fourth-order valence-corrected chi connectivity index (χ4v) is 2.20. The van der Waals surface area contributed by atoms with Crippen molar-refractivity contribution in [3.63, 3.8) is 0 Å². The molecule has 1 aromatic rings. The second kappa shape index (κ2) is 6.66. The molecule has 1 aliphatic heterocycles. The monoisotopic (exact) mass is 250 g/mol. The minimum atomic E-state index is -0.368. The summed E-state index contributed by atoms with van der Waals surface area (Å²) < 4.78 is 0. The molecule has 1 atom stereocenters. The first-order valence-electron chi connectivity index (χ1n) is 6.67. The lowest BCUT2D eigenvalue weighted by Gasteiger charge is -2.28. The summed E-state index contributed by atoms with van der Waals surface area (Å²) in [6.45, 7) is 5.41. The number of aliphatic hydroxyl groups is 1. The fraction of sp³-hybridized carbons (Fsp3) is 0.692. The Morgan fingerprint density at radius 2 is 1.94 bits per heavy atom. The molecule has 0 unspecified atom stereocenters. The molecule has 0 amide bonds. The van der Waals surface area contributed by atoms with Gasteiger partial charge in [-0.25, -0.2) is 9.97 Å². The number of rotatable bonds is 5. The highest BCUT2D eigenvalue weighted by atomic mass is 16.3.